The van der Waals surface area contributed by atoms with Gasteiger partial charge in [-0.05, 0) is 19.9 Å². The van der Waals surface area contributed by atoms with Crippen molar-refractivity contribution in [3.8, 4) is 11.5 Å². The van der Waals surface area contributed by atoms with Crippen molar-refractivity contribution >= 4 is 0 Å². The molecule has 0 amide bonds. The van der Waals surface area contributed by atoms with Crippen molar-refractivity contribution in [1.29, 1.82) is 0 Å². The highest BCUT2D eigenvalue weighted by atomic mass is 15.3. The number of hydrogen-bond donors (Lipinski definition) is 0. The molecule has 0 unspecified atom stereocenters. The van der Waals surface area contributed by atoms with Gasteiger partial charge in [-0.2, -0.15) is 5.10 Å². The highest BCUT2D eigenvalue weighted by molar-refractivity contribution is 5.50. The topological polar surface area (TPSA) is 48.5 Å². The Bertz CT molecular complexity index is 440. The van der Waals surface area contributed by atoms with Gasteiger partial charge in [0.2, 0.25) is 0 Å². The first kappa shape index (κ1) is 8.93. The van der Waals surface area contributed by atoms with E-state index in [1.807, 2.05) is 29.3 Å². The predicted octanol–water partition coefficient (Wildman–Crippen LogP) is 1.01. The Morgan fingerprint density at radius 2 is 2.21 bits per heavy atom. The first-order valence-electron chi connectivity index (χ1n) is 4.61. The zero-order valence-electron chi connectivity index (χ0n) is 8.60. The maximum atomic E-state index is 4.28. The second-order valence-electron chi connectivity index (χ2n) is 3.24. The van der Waals surface area contributed by atoms with Crippen molar-refractivity contribution in [1.82, 2.24) is 24.5 Å². The Balaban J connectivity index is 2.53. The smallest absolute Gasteiger partial charge is 0.182 e. The Morgan fingerprint density at radius 1 is 1.43 bits per heavy atom. The lowest BCUT2D eigenvalue weighted by atomic mass is 10.3. The average Bonchev–Trinajstić information content (AvgIpc) is 2.71. The van der Waals surface area contributed by atoms with Crippen molar-refractivity contribution in [2.45, 2.75) is 20.4 Å². The summed E-state index contributed by atoms with van der Waals surface area (Å²) in [6, 6.07) is 2.01. The van der Waals surface area contributed by atoms with Gasteiger partial charge in [0.1, 0.15) is 12.0 Å². The van der Waals surface area contributed by atoms with E-state index in [0.717, 1.165) is 23.8 Å². The van der Waals surface area contributed by atoms with Crippen molar-refractivity contribution in [2.24, 2.45) is 7.05 Å². The zero-order valence-corrected chi connectivity index (χ0v) is 8.60. The molecule has 0 saturated carbocycles. The molecule has 0 spiro atoms. The number of rotatable bonds is 2. The summed E-state index contributed by atoms with van der Waals surface area (Å²) in [7, 11) is 1.91. The Hall–Kier alpha value is -1.65. The standard InChI is InChI=1S/C9H13N5/c1-4-14-6-10-11-9(14)8-5-7(2)12-13(8)3/h5-6H,4H2,1-3H3. The van der Waals surface area contributed by atoms with Gasteiger partial charge in [0.05, 0.1) is 5.69 Å². The highest BCUT2D eigenvalue weighted by Gasteiger charge is 2.10. The number of hydrogen-bond acceptors (Lipinski definition) is 3. The lowest BCUT2D eigenvalue weighted by Gasteiger charge is -2.02. The van der Waals surface area contributed by atoms with Gasteiger partial charge in [0.15, 0.2) is 5.82 Å². The molecule has 2 aromatic heterocycles. The Kier molecular flexibility index (Phi) is 2.07. The van der Waals surface area contributed by atoms with Crippen LogP contribution in [0, 0.1) is 6.92 Å². The molecule has 5 nitrogen and oxygen atoms in total. The third-order valence-corrected chi connectivity index (χ3v) is 2.19. The predicted molar refractivity (Wildman–Crippen MR) is 52.6 cm³/mol. The van der Waals surface area contributed by atoms with Crippen molar-refractivity contribution in [2.75, 3.05) is 0 Å². The molecule has 0 aromatic carbocycles. The van der Waals surface area contributed by atoms with Crippen molar-refractivity contribution in [3.05, 3.63) is 18.1 Å². The molecule has 2 rings (SSSR count). The summed E-state index contributed by atoms with van der Waals surface area (Å²) in [5.41, 5.74) is 2.00. The van der Waals surface area contributed by atoms with E-state index in [1.54, 1.807) is 6.33 Å². The third-order valence-electron chi connectivity index (χ3n) is 2.19. The van der Waals surface area contributed by atoms with Crippen LogP contribution in [0.3, 0.4) is 0 Å². The van der Waals surface area contributed by atoms with Crippen LogP contribution in [0.2, 0.25) is 0 Å². The van der Waals surface area contributed by atoms with E-state index < -0.39 is 0 Å². The molecular formula is C9H13N5. The van der Waals surface area contributed by atoms with E-state index >= 15 is 0 Å². The molecule has 5 heteroatoms. The van der Waals surface area contributed by atoms with Crippen LogP contribution in [0.4, 0.5) is 0 Å². The fraction of sp³-hybridized carbons (Fsp3) is 0.444. The fourth-order valence-corrected chi connectivity index (χ4v) is 1.50. The number of aryl methyl sites for hydroxylation is 3. The quantitative estimate of drug-likeness (QED) is 0.711. The van der Waals surface area contributed by atoms with Gasteiger partial charge in [0.25, 0.3) is 0 Å². The molecule has 2 heterocycles. The Morgan fingerprint density at radius 3 is 2.79 bits per heavy atom. The van der Waals surface area contributed by atoms with E-state index in [-0.39, 0.29) is 0 Å². The maximum Gasteiger partial charge on any atom is 0.182 e. The van der Waals surface area contributed by atoms with Gasteiger partial charge in [-0.3, -0.25) is 4.68 Å². The molecule has 2 aromatic rings. The van der Waals surface area contributed by atoms with E-state index in [4.69, 9.17) is 0 Å². The molecule has 0 saturated heterocycles. The monoisotopic (exact) mass is 191 g/mol. The molecule has 0 aliphatic carbocycles. The van der Waals surface area contributed by atoms with E-state index in [1.165, 1.54) is 0 Å². The van der Waals surface area contributed by atoms with Crippen LogP contribution in [0.25, 0.3) is 11.5 Å². The largest absolute Gasteiger partial charge is 0.313 e. The summed E-state index contributed by atoms with van der Waals surface area (Å²) < 4.78 is 3.82. The first-order valence-corrected chi connectivity index (χ1v) is 4.61. The summed E-state index contributed by atoms with van der Waals surface area (Å²) in [5.74, 6) is 0.871. The van der Waals surface area contributed by atoms with Crippen LogP contribution in [0.1, 0.15) is 12.6 Å². The van der Waals surface area contributed by atoms with Crippen LogP contribution in [0.5, 0.6) is 0 Å². The van der Waals surface area contributed by atoms with Crippen LogP contribution in [-0.2, 0) is 13.6 Å². The zero-order chi connectivity index (χ0) is 10.1. The van der Waals surface area contributed by atoms with Gasteiger partial charge < -0.3 is 4.57 Å². The first-order chi connectivity index (χ1) is 6.72. The van der Waals surface area contributed by atoms with E-state index in [2.05, 4.69) is 22.2 Å². The van der Waals surface area contributed by atoms with Crippen LogP contribution in [0.15, 0.2) is 12.4 Å². The minimum absolute atomic E-state index is 0.868. The second kappa shape index (κ2) is 3.25. The average molecular weight is 191 g/mol. The fourth-order valence-electron chi connectivity index (χ4n) is 1.50. The molecule has 14 heavy (non-hydrogen) atoms. The molecule has 0 fully saturated rings. The number of aromatic nitrogens is 5. The molecule has 0 atom stereocenters. The SMILES string of the molecule is CCn1cnnc1-c1cc(C)nn1C. The van der Waals surface area contributed by atoms with E-state index in [9.17, 15) is 0 Å². The van der Waals surface area contributed by atoms with E-state index in [0.29, 0.717) is 0 Å². The molecule has 0 bridgehead atoms. The lowest BCUT2D eigenvalue weighted by molar-refractivity contribution is 0.728. The van der Waals surface area contributed by atoms with Crippen molar-refractivity contribution < 1.29 is 0 Å². The third kappa shape index (κ3) is 1.30. The molecular weight excluding hydrogens is 178 g/mol. The maximum absolute atomic E-state index is 4.28. The lowest BCUT2D eigenvalue weighted by Crippen LogP contribution is -2.01. The molecule has 0 aliphatic rings. The van der Waals surface area contributed by atoms with Crippen LogP contribution < -0.4 is 0 Å². The summed E-state index contributed by atoms with van der Waals surface area (Å²) in [5, 5.41) is 12.3. The summed E-state index contributed by atoms with van der Waals surface area (Å²) in [6.07, 6.45) is 1.73. The van der Waals surface area contributed by atoms with Crippen LogP contribution in [-0.4, -0.2) is 24.5 Å². The summed E-state index contributed by atoms with van der Waals surface area (Å²) in [6.45, 7) is 4.90. The van der Waals surface area contributed by atoms with Crippen molar-refractivity contribution in [3.63, 3.8) is 0 Å². The molecule has 0 radical (unpaired) electrons. The summed E-state index contributed by atoms with van der Waals surface area (Å²) in [4.78, 5) is 0. The minimum Gasteiger partial charge on any atom is -0.313 e. The van der Waals surface area contributed by atoms with Gasteiger partial charge in [-0.1, -0.05) is 0 Å². The van der Waals surface area contributed by atoms with Crippen LogP contribution >= 0.6 is 0 Å². The van der Waals surface area contributed by atoms with Gasteiger partial charge in [-0.15, -0.1) is 10.2 Å². The normalized spacial score (nSPS) is 10.8. The van der Waals surface area contributed by atoms with Gasteiger partial charge in [0, 0.05) is 13.6 Å². The second-order valence-corrected chi connectivity index (χ2v) is 3.24. The molecule has 0 N–H and O–H groups in total. The Labute approximate surface area is 82.4 Å². The molecule has 74 valence electrons. The van der Waals surface area contributed by atoms with Gasteiger partial charge in [-0.25, -0.2) is 0 Å². The number of nitrogens with zero attached hydrogens (tertiary/aromatic N) is 5. The summed E-state index contributed by atoms with van der Waals surface area (Å²) >= 11 is 0. The molecule has 0 aliphatic heterocycles. The van der Waals surface area contributed by atoms with Gasteiger partial charge >= 0.3 is 0 Å². The highest BCUT2D eigenvalue weighted by Crippen LogP contribution is 2.16. The minimum atomic E-state index is 0.868.